The van der Waals surface area contributed by atoms with Crippen LogP contribution in [0.15, 0.2) is 30.7 Å². The molecule has 28 heavy (non-hydrogen) atoms. The highest BCUT2D eigenvalue weighted by Crippen LogP contribution is 2.15. The smallest absolute Gasteiger partial charge is 0.408 e. The number of aliphatic carboxylic acids is 1. The Labute approximate surface area is 165 Å². The van der Waals surface area contributed by atoms with E-state index in [4.69, 9.17) is 0 Å². The van der Waals surface area contributed by atoms with Crippen LogP contribution in [0.5, 0.6) is 0 Å². The average molecular weight is 387 g/mol. The number of hydrogen-bond donors (Lipinski definition) is 2. The van der Waals surface area contributed by atoms with Gasteiger partial charge in [-0.15, -0.1) is 0 Å². The molecule has 1 amide bonds. The second-order valence-electron chi connectivity index (χ2n) is 7.72. The molecule has 0 aliphatic heterocycles. The van der Waals surface area contributed by atoms with Crippen LogP contribution in [0.3, 0.4) is 0 Å². The highest BCUT2D eigenvalue weighted by atomic mass is 16.4. The van der Waals surface area contributed by atoms with Crippen LogP contribution in [0.1, 0.15) is 42.7 Å². The lowest BCUT2D eigenvalue weighted by atomic mass is 10.0. The van der Waals surface area contributed by atoms with E-state index in [1.807, 2.05) is 18.4 Å². The Kier molecular flexibility index (Phi) is 7.20. The fourth-order valence-corrected chi connectivity index (χ4v) is 3.48. The highest BCUT2D eigenvalue weighted by Gasteiger charge is 2.30. The molecule has 0 spiro atoms. The lowest BCUT2D eigenvalue weighted by Crippen LogP contribution is -2.46. The molecule has 7 nitrogen and oxygen atoms in total. The molecule has 1 aromatic carbocycles. The van der Waals surface area contributed by atoms with Crippen molar-refractivity contribution in [1.29, 1.82) is 0 Å². The molecule has 0 saturated carbocycles. The van der Waals surface area contributed by atoms with Gasteiger partial charge in [0, 0.05) is 31.4 Å². The van der Waals surface area contributed by atoms with Crippen molar-refractivity contribution >= 4 is 12.1 Å². The van der Waals surface area contributed by atoms with Gasteiger partial charge in [-0.1, -0.05) is 43.2 Å². The number of rotatable bonds is 9. The first-order chi connectivity index (χ1) is 13.2. The zero-order valence-corrected chi connectivity index (χ0v) is 16.9. The van der Waals surface area contributed by atoms with E-state index in [1.54, 1.807) is 12.5 Å². The third kappa shape index (κ3) is 5.84. The maximum absolute atomic E-state index is 11.7. The predicted molar refractivity (Wildman–Crippen MR) is 107 cm³/mol. The van der Waals surface area contributed by atoms with Crippen LogP contribution in [-0.4, -0.2) is 49.3 Å². The minimum atomic E-state index is -1.21. The van der Waals surface area contributed by atoms with E-state index < -0.39 is 18.1 Å². The number of carboxylic acids is 1. The maximum atomic E-state index is 11.7. The van der Waals surface area contributed by atoms with Gasteiger partial charge in [-0.25, -0.2) is 14.6 Å². The van der Waals surface area contributed by atoms with Gasteiger partial charge >= 0.3 is 12.1 Å². The number of benzene rings is 1. The largest absolute Gasteiger partial charge is 0.480 e. The van der Waals surface area contributed by atoms with E-state index in [0.717, 1.165) is 16.2 Å². The molecule has 1 atom stereocenters. The van der Waals surface area contributed by atoms with Gasteiger partial charge in [0.2, 0.25) is 0 Å². The zero-order chi connectivity index (χ0) is 20.8. The molecular weight excluding hydrogens is 358 g/mol. The summed E-state index contributed by atoms with van der Waals surface area (Å²) in [5, 5.41) is 19.0. The molecule has 7 heteroatoms. The topological polar surface area (TPSA) is 95.7 Å². The Morgan fingerprint density at radius 3 is 2.32 bits per heavy atom. The van der Waals surface area contributed by atoms with Crippen molar-refractivity contribution in [2.45, 2.75) is 53.1 Å². The van der Waals surface area contributed by atoms with E-state index in [9.17, 15) is 19.8 Å². The van der Waals surface area contributed by atoms with E-state index >= 15 is 0 Å². The first-order valence-corrected chi connectivity index (χ1v) is 9.46. The predicted octanol–water partition coefficient (Wildman–Crippen LogP) is 3.57. The number of aromatic nitrogens is 2. The fraction of sp³-hybridized carbons (Fsp3) is 0.476. The number of aryl methyl sites for hydroxylation is 2. The van der Waals surface area contributed by atoms with Crippen molar-refractivity contribution in [2.24, 2.45) is 5.92 Å². The van der Waals surface area contributed by atoms with E-state index in [0.29, 0.717) is 13.0 Å². The Hall–Kier alpha value is -2.83. The van der Waals surface area contributed by atoms with E-state index in [1.165, 1.54) is 11.1 Å². The summed E-state index contributed by atoms with van der Waals surface area (Å²) in [4.78, 5) is 28.5. The van der Waals surface area contributed by atoms with E-state index in [2.05, 4.69) is 37.0 Å². The first-order valence-electron chi connectivity index (χ1n) is 9.46. The van der Waals surface area contributed by atoms with Crippen LogP contribution >= 0.6 is 0 Å². The minimum absolute atomic E-state index is 0.0815. The van der Waals surface area contributed by atoms with Crippen molar-refractivity contribution in [3.63, 3.8) is 0 Å². The second kappa shape index (κ2) is 9.39. The zero-order valence-electron chi connectivity index (χ0n) is 16.9. The molecule has 1 unspecified atom stereocenters. The number of carboxylic acid groups (broad SMARTS) is 2. The second-order valence-corrected chi connectivity index (χ2v) is 7.72. The third-order valence-corrected chi connectivity index (χ3v) is 4.64. The molecule has 1 heterocycles. The SMILES string of the molecule is Cc1cc(C)cc(Cn2cncc2CCN(C(=O)O)C(CC(C)C)C(=O)O)c1. The van der Waals surface area contributed by atoms with Crippen LogP contribution in [0.4, 0.5) is 4.79 Å². The number of hydrogen-bond acceptors (Lipinski definition) is 3. The number of nitrogens with zero attached hydrogens (tertiary/aromatic N) is 3. The lowest BCUT2D eigenvalue weighted by Gasteiger charge is -2.27. The number of imidazole rings is 1. The fourth-order valence-electron chi connectivity index (χ4n) is 3.48. The van der Waals surface area contributed by atoms with Crippen LogP contribution in [0.25, 0.3) is 0 Å². The molecule has 152 valence electrons. The van der Waals surface area contributed by atoms with Gasteiger partial charge in [-0.3, -0.25) is 4.90 Å². The van der Waals surface area contributed by atoms with Gasteiger partial charge in [0.1, 0.15) is 6.04 Å². The summed E-state index contributed by atoms with van der Waals surface area (Å²) in [6.45, 7) is 8.62. The van der Waals surface area contributed by atoms with Crippen molar-refractivity contribution in [3.8, 4) is 0 Å². The monoisotopic (exact) mass is 387 g/mol. The molecular formula is C21H29N3O4. The van der Waals surface area contributed by atoms with Crippen molar-refractivity contribution in [3.05, 3.63) is 53.1 Å². The lowest BCUT2D eigenvalue weighted by molar-refractivity contribution is -0.143. The first kappa shape index (κ1) is 21.5. The Morgan fingerprint density at radius 2 is 1.79 bits per heavy atom. The summed E-state index contributed by atoms with van der Waals surface area (Å²) in [6, 6.07) is 5.30. The normalized spacial score (nSPS) is 12.2. The maximum Gasteiger partial charge on any atom is 0.408 e. The van der Waals surface area contributed by atoms with Gasteiger partial charge in [-0.05, 0) is 31.7 Å². The minimum Gasteiger partial charge on any atom is -0.480 e. The Morgan fingerprint density at radius 1 is 1.14 bits per heavy atom. The molecule has 2 rings (SSSR count). The molecule has 2 aromatic rings. The summed E-state index contributed by atoms with van der Waals surface area (Å²) >= 11 is 0. The standard InChI is InChI=1S/C21H29N3O4/c1-14(2)7-19(20(25)26)24(21(27)28)6-5-18-11-22-13-23(18)12-17-9-15(3)8-16(4)10-17/h8-11,13-14,19H,5-7,12H2,1-4H3,(H,25,26)(H,27,28). The number of carbonyl (C=O) groups is 2. The Balaban J connectivity index is 2.13. The van der Waals surface area contributed by atoms with Gasteiger partial charge < -0.3 is 14.8 Å². The van der Waals surface area contributed by atoms with Crippen molar-refractivity contribution < 1.29 is 19.8 Å². The number of amides is 1. The Bertz CT molecular complexity index is 809. The van der Waals surface area contributed by atoms with Crippen molar-refractivity contribution in [2.75, 3.05) is 6.54 Å². The quantitative estimate of drug-likeness (QED) is 0.686. The molecule has 2 N–H and O–H groups in total. The van der Waals surface area contributed by atoms with Crippen LogP contribution in [0.2, 0.25) is 0 Å². The molecule has 0 aliphatic rings. The molecule has 0 fully saturated rings. The van der Waals surface area contributed by atoms with Crippen molar-refractivity contribution in [1.82, 2.24) is 14.5 Å². The van der Waals surface area contributed by atoms with Gasteiger partial charge in [-0.2, -0.15) is 0 Å². The van der Waals surface area contributed by atoms with Crippen LogP contribution in [-0.2, 0) is 17.8 Å². The van der Waals surface area contributed by atoms with Gasteiger partial charge in [0.05, 0.1) is 6.33 Å². The summed E-state index contributed by atoms with van der Waals surface area (Å²) < 4.78 is 1.98. The summed E-state index contributed by atoms with van der Waals surface area (Å²) in [7, 11) is 0. The molecule has 0 aliphatic carbocycles. The molecule has 0 saturated heterocycles. The summed E-state index contributed by atoms with van der Waals surface area (Å²) in [5.74, 6) is -1.03. The highest BCUT2D eigenvalue weighted by molar-refractivity contribution is 5.79. The van der Waals surface area contributed by atoms with E-state index in [-0.39, 0.29) is 18.9 Å². The van der Waals surface area contributed by atoms with Gasteiger partial charge in [0.15, 0.2) is 0 Å². The van der Waals surface area contributed by atoms with Crippen LogP contribution in [0, 0.1) is 19.8 Å². The van der Waals surface area contributed by atoms with Crippen LogP contribution < -0.4 is 0 Å². The summed E-state index contributed by atoms with van der Waals surface area (Å²) in [6.07, 6.45) is 2.90. The third-order valence-electron chi connectivity index (χ3n) is 4.64. The molecule has 0 bridgehead atoms. The summed E-state index contributed by atoms with van der Waals surface area (Å²) in [5.41, 5.74) is 4.40. The van der Waals surface area contributed by atoms with Gasteiger partial charge in [0.25, 0.3) is 0 Å². The average Bonchev–Trinajstić information content (AvgIpc) is 2.99. The molecule has 0 radical (unpaired) electrons. The molecule has 1 aromatic heterocycles.